The molecular weight excluding hydrogens is 234 g/mol. The number of nitrogens with one attached hydrogen (secondary N) is 1. The van der Waals surface area contributed by atoms with Gasteiger partial charge in [0.2, 0.25) is 0 Å². The monoisotopic (exact) mass is 255 g/mol. The molecule has 0 saturated heterocycles. The van der Waals surface area contributed by atoms with Gasteiger partial charge in [0, 0.05) is 17.8 Å². The van der Waals surface area contributed by atoms with Crippen LogP contribution in [-0.2, 0) is 6.42 Å². The third-order valence-electron chi connectivity index (χ3n) is 3.19. The number of hydrogen-bond acceptors (Lipinski definition) is 2. The van der Waals surface area contributed by atoms with Gasteiger partial charge in [-0.2, -0.15) is 0 Å². The van der Waals surface area contributed by atoms with E-state index in [1.54, 1.807) is 7.11 Å². The van der Waals surface area contributed by atoms with E-state index in [4.69, 9.17) is 4.74 Å². The molecule has 2 nitrogen and oxygen atoms in total. The third-order valence-corrected chi connectivity index (χ3v) is 3.19. The average Bonchev–Trinajstić information content (AvgIpc) is 2.46. The van der Waals surface area contributed by atoms with Crippen molar-refractivity contribution in [1.29, 1.82) is 0 Å². The summed E-state index contributed by atoms with van der Waals surface area (Å²) < 4.78 is 5.23. The number of methoxy groups -OCH3 is 1. The number of ether oxygens (including phenoxy) is 1. The molecular formula is C17H21NO. The van der Waals surface area contributed by atoms with Gasteiger partial charge in [0.1, 0.15) is 5.75 Å². The third kappa shape index (κ3) is 4.32. The first-order valence-corrected chi connectivity index (χ1v) is 6.72. The summed E-state index contributed by atoms with van der Waals surface area (Å²) >= 11 is 0. The molecule has 0 aliphatic carbocycles. The highest BCUT2D eigenvalue weighted by Gasteiger charge is 2.03. The Balaban J connectivity index is 1.85. The molecule has 0 aromatic heterocycles. The zero-order valence-corrected chi connectivity index (χ0v) is 11.6. The second-order valence-electron chi connectivity index (χ2n) is 4.80. The first kappa shape index (κ1) is 13.5. The van der Waals surface area contributed by atoms with Crippen LogP contribution < -0.4 is 10.1 Å². The van der Waals surface area contributed by atoms with Gasteiger partial charge in [0.05, 0.1) is 7.11 Å². The van der Waals surface area contributed by atoms with Gasteiger partial charge in [0.25, 0.3) is 0 Å². The van der Waals surface area contributed by atoms with Crippen LogP contribution in [0.1, 0.15) is 18.9 Å². The van der Waals surface area contributed by atoms with Crippen LogP contribution in [0.3, 0.4) is 0 Å². The van der Waals surface area contributed by atoms with Crippen molar-refractivity contribution in [3.8, 4) is 5.75 Å². The fourth-order valence-corrected chi connectivity index (χ4v) is 2.10. The summed E-state index contributed by atoms with van der Waals surface area (Å²) in [4.78, 5) is 0. The molecule has 19 heavy (non-hydrogen) atoms. The number of benzene rings is 2. The molecule has 0 fully saturated rings. The van der Waals surface area contributed by atoms with E-state index in [0.29, 0.717) is 6.04 Å². The van der Waals surface area contributed by atoms with Crippen LogP contribution >= 0.6 is 0 Å². The molecule has 0 radical (unpaired) electrons. The van der Waals surface area contributed by atoms with Gasteiger partial charge in [0.15, 0.2) is 0 Å². The summed E-state index contributed by atoms with van der Waals surface area (Å²) in [5.74, 6) is 0.889. The first-order valence-electron chi connectivity index (χ1n) is 6.72. The molecule has 1 N–H and O–H groups in total. The van der Waals surface area contributed by atoms with E-state index in [-0.39, 0.29) is 0 Å². The van der Waals surface area contributed by atoms with Gasteiger partial charge in [-0.15, -0.1) is 0 Å². The Morgan fingerprint density at radius 3 is 2.58 bits per heavy atom. The topological polar surface area (TPSA) is 21.3 Å². The minimum Gasteiger partial charge on any atom is -0.497 e. The molecule has 0 spiro atoms. The maximum Gasteiger partial charge on any atom is 0.120 e. The van der Waals surface area contributed by atoms with Crippen molar-refractivity contribution in [2.24, 2.45) is 0 Å². The lowest BCUT2D eigenvalue weighted by molar-refractivity contribution is 0.415. The summed E-state index contributed by atoms with van der Waals surface area (Å²) in [5.41, 5.74) is 2.50. The minimum absolute atomic E-state index is 0.437. The summed E-state index contributed by atoms with van der Waals surface area (Å²) in [6.45, 7) is 2.21. The molecule has 0 aliphatic rings. The molecule has 2 aromatic carbocycles. The van der Waals surface area contributed by atoms with Crippen molar-refractivity contribution in [1.82, 2.24) is 0 Å². The van der Waals surface area contributed by atoms with Crippen LogP contribution in [0, 0.1) is 0 Å². The van der Waals surface area contributed by atoms with Crippen molar-refractivity contribution < 1.29 is 4.74 Å². The molecule has 0 bridgehead atoms. The van der Waals surface area contributed by atoms with Crippen LogP contribution in [0.5, 0.6) is 5.75 Å². The Kier molecular flexibility index (Phi) is 4.85. The number of rotatable bonds is 6. The highest BCUT2D eigenvalue weighted by Crippen LogP contribution is 2.18. The van der Waals surface area contributed by atoms with Crippen LogP contribution in [0.2, 0.25) is 0 Å². The predicted molar refractivity (Wildman–Crippen MR) is 80.8 cm³/mol. The quantitative estimate of drug-likeness (QED) is 0.838. The number of hydrogen-bond donors (Lipinski definition) is 1. The molecule has 0 heterocycles. The van der Waals surface area contributed by atoms with Gasteiger partial charge in [-0.3, -0.25) is 0 Å². The van der Waals surface area contributed by atoms with Gasteiger partial charge in [-0.05, 0) is 37.5 Å². The fourth-order valence-electron chi connectivity index (χ4n) is 2.10. The summed E-state index contributed by atoms with van der Waals surface area (Å²) in [5, 5.41) is 3.51. The Morgan fingerprint density at radius 1 is 1.05 bits per heavy atom. The SMILES string of the molecule is COc1cccc(N[C@@H](C)CCc2ccccc2)c1. The lowest BCUT2D eigenvalue weighted by Crippen LogP contribution is -2.15. The van der Waals surface area contributed by atoms with Gasteiger partial charge < -0.3 is 10.1 Å². The van der Waals surface area contributed by atoms with E-state index in [1.165, 1.54) is 5.56 Å². The maximum absolute atomic E-state index is 5.23. The van der Waals surface area contributed by atoms with E-state index in [9.17, 15) is 0 Å². The van der Waals surface area contributed by atoms with E-state index in [1.807, 2.05) is 18.2 Å². The van der Waals surface area contributed by atoms with Crippen LogP contribution in [0.4, 0.5) is 5.69 Å². The second-order valence-corrected chi connectivity index (χ2v) is 4.80. The summed E-state index contributed by atoms with van der Waals surface area (Å²) in [6, 6.07) is 19.1. The van der Waals surface area contributed by atoms with Crippen molar-refractivity contribution in [2.45, 2.75) is 25.8 Å². The Bertz CT molecular complexity index is 496. The van der Waals surface area contributed by atoms with Crippen molar-refractivity contribution in [3.05, 3.63) is 60.2 Å². The molecule has 2 rings (SSSR count). The van der Waals surface area contributed by atoms with Gasteiger partial charge in [-0.25, -0.2) is 0 Å². The molecule has 0 saturated carbocycles. The zero-order chi connectivity index (χ0) is 13.5. The molecule has 0 unspecified atom stereocenters. The van der Waals surface area contributed by atoms with Gasteiger partial charge >= 0.3 is 0 Å². The second kappa shape index (κ2) is 6.83. The fraction of sp³-hybridized carbons (Fsp3) is 0.294. The zero-order valence-electron chi connectivity index (χ0n) is 11.6. The average molecular weight is 255 g/mol. The molecule has 100 valence electrons. The Labute approximate surface area is 115 Å². The van der Waals surface area contributed by atoms with E-state index in [0.717, 1.165) is 24.3 Å². The lowest BCUT2D eigenvalue weighted by Gasteiger charge is -2.15. The summed E-state index contributed by atoms with van der Waals surface area (Å²) in [6.07, 6.45) is 2.21. The van der Waals surface area contributed by atoms with Crippen molar-refractivity contribution in [2.75, 3.05) is 12.4 Å². The molecule has 0 aliphatic heterocycles. The van der Waals surface area contributed by atoms with E-state index in [2.05, 4.69) is 48.6 Å². The van der Waals surface area contributed by atoms with Gasteiger partial charge in [-0.1, -0.05) is 36.4 Å². The maximum atomic E-state index is 5.23. The van der Waals surface area contributed by atoms with E-state index >= 15 is 0 Å². The van der Waals surface area contributed by atoms with Crippen molar-refractivity contribution >= 4 is 5.69 Å². The standard InChI is InChI=1S/C17H21NO/c1-14(11-12-15-7-4-3-5-8-15)18-16-9-6-10-17(13-16)19-2/h3-10,13-14,18H,11-12H2,1-2H3/t14-/m0/s1. The van der Waals surface area contributed by atoms with Crippen molar-refractivity contribution in [3.63, 3.8) is 0 Å². The Hall–Kier alpha value is -1.96. The molecule has 1 atom stereocenters. The Morgan fingerprint density at radius 2 is 1.84 bits per heavy atom. The normalized spacial score (nSPS) is 11.9. The highest BCUT2D eigenvalue weighted by molar-refractivity contribution is 5.48. The van der Waals surface area contributed by atoms with Crippen LogP contribution in [0.15, 0.2) is 54.6 Å². The highest BCUT2D eigenvalue weighted by atomic mass is 16.5. The van der Waals surface area contributed by atoms with Crippen LogP contribution in [-0.4, -0.2) is 13.2 Å². The largest absolute Gasteiger partial charge is 0.497 e. The van der Waals surface area contributed by atoms with E-state index < -0.39 is 0 Å². The summed E-state index contributed by atoms with van der Waals surface area (Å²) in [7, 11) is 1.69. The molecule has 2 heteroatoms. The molecule has 0 amide bonds. The first-order chi connectivity index (χ1) is 9.28. The smallest absolute Gasteiger partial charge is 0.120 e. The van der Waals surface area contributed by atoms with Crippen LogP contribution in [0.25, 0.3) is 0 Å². The molecule has 2 aromatic rings. The predicted octanol–water partition coefficient (Wildman–Crippen LogP) is 4.13. The number of aryl methyl sites for hydroxylation is 1. The number of anilines is 1. The lowest BCUT2D eigenvalue weighted by atomic mass is 10.1. The minimum atomic E-state index is 0.437.